The van der Waals surface area contributed by atoms with Gasteiger partial charge in [-0.05, 0) is 49.6 Å². The topological polar surface area (TPSA) is 63.9 Å². The maximum absolute atomic E-state index is 13.0. The van der Waals surface area contributed by atoms with Crippen LogP contribution in [0.15, 0.2) is 61.3 Å². The molecule has 1 fully saturated rings. The molecule has 0 bridgehead atoms. The number of amides is 1. The summed E-state index contributed by atoms with van der Waals surface area (Å²) in [6, 6.07) is 9.32. The summed E-state index contributed by atoms with van der Waals surface area (Å²) in [4.78, 5) is 28.0. The van der Waals surface area contributed by atoms with Crippen molar-refractivity contribution in [2.45, 2.75) is 25.3 Å². The fraction of sp³-hybridized carbons (Fsp3) is 0.263. The molecule has 0 aromatic carbocycles. The summed E-state index contributed by atoms with van der Waals surface area (Å²) in [7, 11) is 0. The molecule has 1 saturated heterocycles. The third-order valence-corrected chi connectivity index (χ3v) is 4.51. The van der Waals surface area contributed by atoms with E-state index in [1.165, 1.54) is 0 Å². The predicted octanol–water partition coefficient (Wildman–Crippen LogP) is 3.03. The van der Waals surface area contributed by atoms with Crippen molar-refractivity contribution in [2.75, 3.05) is 6.54 Å². The number of aromatic nitrogens is 4. The highest BCUT2D eigenvalue weighted by Crippen LogP contribution is 2.29. The van der Waals surface area contributed by atoms with Gasteiger partial charge in [0.05, 0.1) is 11.6 Å². The minimum Gasteiger partial charge on any atom is -0.328 e. The lowest BCUT2D eigenvalue weighted by Crippen LogP contribution is -2.39. The van der Waals surface area contributed by atoms with Crippen LogP contribution in [-0.4, -0.2) is 36.9 Å². The molecule has 0 N–H and O–H groups in total. The molecular formula is C19H19N5O. The number of rotatable bonds is 3. The van der Waals surface area contributed by atoms with Crippen molar-refractivity contribution >= 4 is 5.91 Å². The first-order valence-electron chi connectivity index (χ1n) is 8.50. The molecule has 0 aliphatic carbocycles. The van der Waals surface area contributed by atoms with Crippen LogP contribution in [0.3, 0.4) is 0 Å². The van der Waals surface area contributed by atoms with Crippen molar-refractivity contribution in [1.29, 1.82) is 0 Å². The minimum atomic E-state index is -0.0634. The molecule has 6 nitrogen and oxygen atoms in total. The van der Waals surface area contributed by atoms with Crippen molar-refractivity contribution in [3.8, 4) is 5.82 Å². The van der Waals surface area contributed by atoms with Crippen LogP contribution in [-0.2, 0) is 0 Å². The number of carbonyl (C=O) groups excluding carboxylic acids is 1. The van der Waals surface area contributed by atoms with Crippen LogP contribution in [0.4, 0.5) is 0 Å². The predicted molar refractivity (Wildman–Crippen MR) is 93.2 cm³/mol. The van der Waals surface area contributed by atoms with Crippen molar-refractivity contribution in [1.82, 2.24) is 24.4 Å². The molecule has 4 rings (SSSR count). The Hall–Kier alpha value is -3.02. The van der Waals surface area contributed by atoms with Crippen LogP contribution in [0.25, 0.3) is 5.82 Å². The molecule has 0 radical (unpaired) electrons. The van der Waals surface area contributed by atoms with E-state index in [0.29, 0.717) is 11.4 Å². The highest BCUT2D eigenvalue weighted by atomic mass is 16.2. The van der Waals surface area contributed by atoms with Gasteiger partial charge in [0, 0.05) is 37.5 Å². The first-order chi connectivity index (χ1) is 12.3. The Kier molecular flexibility index (Phi) is 4.24. The largest absolute Gasteiger partial charge is 0.328 e. The lowest BCUT2D eigenvalue weighted by Gasteiger charge is -2.34. The summed E-state index contributed by atoms with van der Waals surface area (Å²) in [5.74, 6) is 1.50. The van der Waals surface area contributed by atoms with E-state index in [0.717, 1.165) is 31.6 Å². The van der Waals surface area contributed by atoms with E-state index in [4.69, 9.17) is 0 Å². The molecule has 6 heteroatoms. The van der Waals surface area contributed by atoms with Crippen LogP contribution in [0.2, 0.25) is 0 Å². The molecule has 3 aromatic heterocycles. The van der Waals surface area contributed by atoms with Gasteiger partial charge in [-0.15, -0.1) is 0 Å². The molecule has 3 aromatic rings. The van der Waals surface area contributed by atoms with Crippen molar-refractivity contribution < 1.29 is 4.79 Å². The number of likely N-dealkylation sites (tertiary alicyclic amines) is 1. The van der Waals surface area contributed by atoms with Gasteiger partial charge < -0.3 is 9.47 Å². The highest BCUT2D eigenvalue weighted by molar-refractivity contribution is 5.94. The van der Waals surface area contributed by atoms with Crippen molar-refractivity contribution in [2.24, 2.45) is 0 Å². The van der Waals surface area contributed by atoms with Crippen LogP contribution in [0, 0.1) is 0 Å². The fourth-order valence-corrected chi connectivity index (χ4v) is 3.24. The number of carbonyl (C=O) groups is 1. The zero-order valence-corrected chi connectivity index (χ0v) is 13.8. The van der Waals surface area contributed by atoms with Gasteiger partial charge in [0.25, 0.3) is 5.91 Å². The third kappa shape index (κ3) is 3.15. The second kappa shape index (κ2) is 6.84. The van der Waals surface area contributed by atoms with E-state index in [9.17, 15) is 4.79 Å². The number of piperidine rings is 1. The minimum absolute atomic E-state index is 0.0105. The number of pyridine rings is 1. The Morgan fingerprint density at radius 1 is 1.00 bits per heavy atom. The Morgan fingerprint density at radius 2 is 1.80 bits per heavy atom. The maximum Gasteiger partial charge on any atom is 0.256 e. The average molecular weight is 333 g/mol. The zero-order valence-electron chi connectivity index (χ0n) is 13.8. The SMILES string of the molecule is O=C(c1ccc(-n2cccc2)nc1)N1CCCCC1c1ncccn1. The summed E-state index contributed by atoms with van der Waals surface area (Å²) >= 11 is 0. The molecule has 25 heavy (non-hydrogen) atoms. The summed E-state index contributed by atoms with van der Waals surface area (Å²) in [6.07, 6.45) is 11.9. The standard InChI is InChI=1S/C19H19N5O/c25-19(15-7-8-17(22-14-15)23-11-3-4-12-23)24-13-2-1-6-16(24)18-20-9-5-10-21-18/h3-5,7-12,14,16H,1-2,6,13H2. The lowest BCUT2D eigenvalue weighted by atomic mass is 10.0. The molecule has 0 spiro atoms. The molecule has 1 unspecified atom stereocenters. The summed E-state index contributed by atoms with van der Waals surface area (Å²) < 4.78 is 1.91. The van der Waals surface area contributed by atoms with Gasteiger partial charge in [-0.3, -0.25) is 4.79 Å². The lowest BCUT2D eigenvalue weighted by molar-refractivity contribution is 0.0599. The van der Waals surface area contributed by atoms with E-state index in [1.807, 2.05) is 46.1 Å². The summed E-state index contributed by atoms with van der Waals surface area (Å²) in [5.41, 5.74) is 0.596. The van der Waals surface area contributed by atoms with E-state index < -0.39 is 0 Å². The van der Waals surface area contributed by atoms with E-state index in [-0.39, 0.29) is 11.9 Å². The molecule has 1 amide bonds. The quantitative estimate of drug-likeness (QED) is 0.739. The zero-order chi connectivity index (χ0) is 17.1. The monoisotopic (exact) mass is 333 g/mol. The van der Waals surface area contributed by atoms with Gasteiger partial charge >= 0.3 is 0 Å². The van der Waals surface area contributed by atoms with E-state index >= 15 is 0 Å². The first kappa shape index (κ1) is 15.5. The molecule has 1 aliphatic heterocycles. The average Bonchev–Trinajstić information content (AvgIpc) is 3.23. The Balaban J connectivity index is 1.58. The molecule has 4 heterocycles. The second-order valence-corrected chi connectivity index (χ2v) is 6.11. The van der Waals surface area contributed by atoms with E-state index in [1.54, 1.807) is 24.7 Å². The van der Waals surface area contributed by atoms with Crippen molar-refractivity contribution in [3.63, 3.8) is 0 Å². The van der Waals surface area contributed by atoms with Gasteiger partial charge in [0.15, 0.2) is 5.82 Å². The smallest absolute Gasteiger partial charge is 0.256 e. The summed E-state index contributed by atoms with van der Waals surface area (Å²) in [6.45, 7) is 0.723. The van der Waals surface area contributed by atoms with Gasteiger partial charge in [-0.1, -0.05) is 0 Å². The van der Waals surface area contributed by atoms with Gasteiger partial charge in [-0.2, -0.15) is 0 Å². The fourth-order valence-electron chi connectivity index (χ4n) is 3.24. The van der Waals surface area contributed by atoms with Crippen LogP contribution < -0.4 is 0 Å². The molecule has 1 atom stereocenters. The van der Waals surface area contributed by atoms with Gasteiger partial charge in [-0.25, -0.2) is 15.0 Å². The Bertz CT molecular complexity index is 830. The number of nitrogens with zero attached hydrogens (tertiary/aromatic N) is 5. The second-order valence-electron chi connectivity index (χ2n) is 6.11. The van der Waals surface area contributed by atoms with Crippen molar-refractivity contribution in [3.05, 3.63) is 72.7 Å². The molecule has 1 aliphatic rings. The molecular weight excluding hydrogens is 314 g/mol. The first-order valence-corrected chi connectivity index (χ1v) is 8.50. The van der Waals surface area contributed by atoms with Gasteiger partial charge in [0.1, 0.15) is 5.82 Å². The highest BCUT2D eigenvalue weighted by Gasteiger charge is 2.30. The van der Waals surface area contributed by atoms with Crippen LogP contribution >= 0.6 is 0 Å². The van der Waals surface area contributed by atoms with Crippen LogP contribution in [0.5, 0.6) is 0 Å². The normalized spacial score (nSPS) is 17.4. The van der Waals surface area contributed by atoms with Crippen LogP contribution in [0.1, 0.15) is 41.5 Å². The molecule has 0 saturated carbocycles. The Morgan fingerprint density at radius 3 is 2.52 bits per heavy atom. The molecule has 126 valence electrons. The number of hydrogen-bond acceptors (Lipinski definition) is 4. The van der Waals surface area contributed by atoms with E-state index in [2.05, 4.69) is 15.0 Å². The summed E-state index contributed by atoms with van der Waals surface area (Å²) in [5, 5.41) is 0. The Labute approximate surface area is 146 Å². The van der Waals surface area contributed by atoms with Gasteiger partial charge in [0.2, 0.25) is 0 Å². The third-order valence-electron chi connectivity index (χ3n) is 4.51. The number of hydrogen-bond donors (Lipinski definition) is 0. The maximum atomic E-state index is 13.0.